The van der Waals surface area contributed by atoms with Gasteiger partial charge in [-0.25, -0.2) is 4.98 Å². The number of carbonyl (C=O) groups is 1. The van der Waals surface area contributed by atoms with Crippen LogP contribution >= 0.6 is 11.6 Å². The number of para-hydroxylation sites is 1. The van der Waals surface area contributed by atoms with Crippen molar-refractivity contribution in [2.45, 2.75) is 12.5 Å². The summed E-state index contributed by atoms with van der Waals surface area (Å²) in [6.07, 6.45) is 0.691. The molecular weight excluding hydrogens is 440 g/mol. The van der Waals surface area contributed by atoms with Gasteiger partial charge in [-0.05, 0) is 35.7 Å². The zero-order chi connectivity index (χ0) is 23.3. The van der Waals surface area contributed by atoms with E-state index in [4.69, 9.17) is 16.6 Å². The maximum Gasteiger partial charge on any atom is 0.252 e. The number of pyridine rings is 1. The third-order valence-corrected chi connectivity index (χ3v) is 6.23. The number of nitrogens with zero attached hydrogens (tertiary/aromatic N) is 1. The number of hydrogen-bond acceptors (Lipinski definition) is 2. The van der Waals surface area contributed by atoms with Gasteiger partial charge in [-0.3, -0.25) is 4.79 Å². The molecule has 0 aliphatic carbocycles. The summed E-state index contributed by atoms with van der Waals surface area (Å²) in [6.45, 7) is 0. The van der Waals surface area contributed by atoms with E-state index >= 15 is 0 Å². The van der Waals surface area contributed by atoms with Crippen molar-refractivity contribution in [2.75, 3.05) is 0 Å². The summed E-state index contributed by atoms with van der Waals surface area (Å²) in [5.74, 6) is -0.142. The second-order valence-electron chi connectivity index (χ2n) is 8.18. The molecule has 1 atom stereocenters. The molecule has 3 nitrogen and oxygen atoms in total. The number of amides is 1. The van der Waals surface area contributed by atoms with Gasteiger partial charge < -0.3 is 5.32 Å². The summed E-state index contributed by atoms with van der Waals surface area (Å²) >= 11 is 6.46. The molecule has 0 saturated carbocycles. The molecule has 0 radical (unpaired) electrons. The Morgan fingerprint density at radius 3 is 2.21 bits per heavy atom. The van der Waals surface area contributed by atoms with Crippen LogP contribution in [0.1, 0.15) is 27.5 Å². The first-order chi connectivity index (χ1) is 16.7. The maximum absolute atomic E-state index is 13.7. The molecule has 0 bridgehead atoms. The topological polar surface area (TPSA) is 42.0 Å². The molecule has 1 amide bonds. The fraction of sp³-hybridized carbons (Fsp3) is 0.0667. The summed E-state index contributed by atoms with van der Waals surface area (Å²) in [7, 11) is 0. The maximum atomic E-state index is 13.7. The lowest BCUT2D eigenvalue weighted by molar-refractivity contribution is 0.0938. The van der Waals surface area contributed by atoms with Crippen molar-refractivity contribution in [1.29, 1.82) is 0 Å². The molecule has 0 saturated heterocycles. The molecule has 0 aliphatic rings. The summed E-state index contributed by atoms with van der Waals surface area (Å²) in [6, 6.07) is 37.2. The Labute approximate surface area is 204 Å². The van der Waals surface area contributed by atoms with E-state index in [9.17, 15) is 4.79 Å². The first-order valence-electron chi connectivity index (χ1n) is 11.2. The van der Waals surface area contributed by atoms with Gasteiger partial charge in [0.2, 0.25) is 0 Å². The van der Waals surface area contributed by atoms with Crippen LogP contribution in [0.4, 0.5) is 0 Å². The van der Waals surface area contributed by atoms with E-state index in [0.29, 0.717) is 22.7 Å². The van der Waals surface area contributed by atoms with Gasteiger partial charge in [-0.1, -0.05) is 109 Å². The van der Waals surface area contributed by atoms with Crippen LogP contribution in [0.25, 0.3) is 22.2 Å². The Morgan fingerprint density at radius 1 is 0.794 bits per heavy atom. The van der Waals surface area contributed by atoms with Gasteiger partial charge in [-0.15, -0.1) is 0 Å². The lowest BCUT2D eigenvalue weighted by Gasteiger charge is -2.20. The zero-order valence-corrected chi connectivity index (χ0v) is 19.2. The zero-order valence-electron chi connectivity index (χ0n) is 18.5. The number of fused-ring (bicyclic) bond motifs is 1. The summed E-state index contributed by atoms with van der Waals surface area (Å²) in [5, 5.41) is 4.69. The van der Waals surface area contributed by atoms with Crippen LogP contribution in [-0.2, 0) is 6.42 Å². The molecule has 5 rings (SSSR count). The number of nitrogens with one attached hydrogen (secondary N) is 1. The number of rotatable bonds is 6. The monoisotopic (exact) mass is 462 g/mol. The first kappa shape index (κ1) is 21.9. The van der Waals surface area contributed by atoms with Crippen LogP contribution in [0.2, 0.25) is 5.02 Å². The Bertz CT molecular complexity index is 1430. The number of benzene rings is 4. The highest BCUT2D eigenvalue weighted by Gasteiger charge is 2.20. The van der Waals surface area contributed by atoms with Crippen molar-refractivity contribution in [2.24, 2.45) is 0 Å². The second-order valence-corrected chi connectivity index (χ2v) is 8.59. The molecule has 1 N–H and O–H groups in total. The second kappa shape index (κ2) is 9.90. The average molecular weight is 463 g/mol. The Hall–Kier alpha value is -3.95. The smallest absolute Gasteiger partial charge is 0.252 e. The van der Waals surface area contributed by atoms with E-state index in [2.05, 4.69) is 17.4 Å². The summed E-state index contributed by atoms with van der Waals surface area (Å²) in [5.41, 5.74) is 5.03. The highest BCUT2D eigenvalue weighted by Crippen LogP contribution is 2.30. The van der Waals surface area contributed by atoms with Crippen LogP contribution in [-0.4, -0.2) is 10.9 Å². The van der Waals surface area contributed by atoms with E-state index in [0.717, 1.165) is 27.6 Å². The van der Waals surface area contributed by atoms with Crippen molar-refractivity contribution in [3.63, 3.8) is 0 Å². The Kier molecular flexibility index (Phi) is 6.37. The fourth-order valence-corrected chi connectivity index (χ4v) is 4.43. The van der Waals surface area contributed by atoms with Crippen molar-refractivity contribution < 1.29 is 4.79 Å². The SMILES string of the molecule is O=C(NC(Cc1ccccc1)c1ccccc1)c1cc(-c2ccccc2Cl)nc2ccccc12. The number of halogens is 1. The summed E-state index contributed by atoms with van der Waals surface area (Å²) < 4.78 is 0. The quantitative estimate of drug-likeness (QED) is 0.288. The summed E-state index contributed by atoms with van der Waals surface area (Å²) in [4.78, 5) is 18.5. The number of aromatic nitrogens is 1. The van der Waals surface area contributed by atoms with Crippen molar-refractivity contribution >= 4 is 28.4 Å². The molecular formula is C30H23ClN2O. The van der Waals surface area contributed by atoms with Crippen LogP contribution < -0.4 is 5.32 Å². The van der Waals surface area contributed by atoms with E-state index < -0.39 is 0 Å². The standard InChI is InChI=1S/C30H23ClN2O/c31-26-17-9-7-16-24(26)29-20-25(23-15-8-10-18-27(23)32-29)30(34)33-28(22-13-5-2-6-14-22)19-21-11-3-1-4-12-21/h1-18,20,28H,19H2,(H,33,34). The molecule has 4 aromatic carbocycles. The van der Waals surface area contributed by atoms with Crippen LogP contribution in [0.3, 0.4) is 0 Å². The molecule has 34 heavy (non-hydrogen) atoms. The minimum absolute atomic E-state index is 0.142. The van der Waals surface area contributed by atoms with Gasteiger partial charge in [0.25, 0.3) is 5.91 Å². The third kappa shape index (κ3) is 4.70. The predicted molar refractivity (Wildman–Crippen MR) is 139 cm³/mol. The van der Waals surface area contributed by atoms with Crippen LogP contribution in [0, 0.1) is 0 Å². The lowest BCUT2D eigenvalue weighted by Crippen LogP contribution is -2.30. The molecule has 0 fully saturated rings. The largest absolute Gasteiger partial charge is 0.345 e. The van der Waals surface area contributed by atoms with Gasteiger partial charge in [-0.2, -0.15) is 0 Å². The van der Waals surface area contributed by atoms with Crippen molar-refractivity contribution in [3.05, 3.63) is 137 Å². The third-order valence-electron chi connectivity index (χ3n) is 5.90. The molecule has 1 aromatic heterocycles. The molecule has 4 heteroatoms. The molecule has 1 heterocycles. The minimum atomic E-state index is -0.174. The lowest BCUT2D eigenvalue weighted by atomic mass is 9.97. The van der Waals surface area contributed by atoms with Gasteiger partial charge in [0.15, 0.2) is 0 Å². The van der Waals surface area contributed by atoms with Gasteiger partial charge in [0, 0.05) is 16.0 Å². The van der Waals surface area contributed by atoms with Crippen molar-refractivity contribution in [1.82, 2.24) is 10.3 Å². The van der Waals surface area contributed by atoms with Crippen LogP contribution in [0.5, 0.6) is 0 Å². The molecule has 166 valence electrons. The normalized spacial score (nSPS) is 11.8. The Balaban J connectivity index is 1.55. The molecule has 1 unspecified atom stereocenters. The minimum Gasteiger partial charge on any atom is -0.345 e. The molecule has 5 aromatic rings. The van der Waals surface area contributed by atoms with Gasteiger partial charge >= 0.3 is 0 Å². The number of carbonyl (C=O) groups excluding carboxylic acids is 1. The van der Waals surface area contributed by atoms with Crippen LogP contribution in [0.15, 0.2) is 115 Å². The Morgan fingerprint density at radius 2 is 1.44 bits per heavy atom. The molecule has 0 spiro atoms. The first-order valence-corrected chi connectivity index (χ1v) is 11.6. The van der Waals surface area contributed by atoms with Crippen molar-refractivity contribution in [3.8, 4) is 11.3 Å². The van der Waals surface area contributed by atoms with E-state index in [1.165, 1.54) is 0 Å². The van der Waals surface area contributed by atoms with E-state index in [-0.39, 0.29) is 11.9 Å². The molecule has 0 aliphatic heterocycles. The van der Waals surface area contributed by atoms with E-state index in [1.54, 1.807) is 0 Å². The highest BCUT2D eigenvalue weighted by molar-refractivity contribution is 6.33. The van der Waals surface area contributed by atoms with Gasteiger partial charge in [0.05, 0.1) is 22.8 Å². The fourth-order valence-electron chi connectivity index (χ4n) is 4.19. The number of hydrogen-bond donors (Lipinski definition) is 1. The van der Waals surface area contributed by atoms with E-state index in [1.807, 2.05) is 103 Å². The predicted octanol–water partition coefficient (Wildman–Crippen LogP) is 7.27. The van der Waals surface area contributed by atoms with Gasteiger partial charge in [0.1, 0.15) is 0 Å². The highest BCUT2D eigenvalue weighted by atomic mass is 35.5. The average Bonchev–Trinajstić information content (AvgIpc) is 2.89.